The number of hydrogen-bond donors (Lipinski definition) is 1. The fourth-order valence-corrected chi connectivity index (χ4v) is 1.26. The summed E-state index contributed by atoms with van der Waals surface area (Å²) in [6, 6.07) is 3.02. The molecular weight excluding hydrogens is 236 g/mol. The van der Waals surface area contributed by atoms with Gasteiger partial charge in [-0.25, -0.2) is 0 Å². The molecule has 0 aliphatic heterocycles. The zero-order valence-electron chi connectivity index (χ0n) is 10.0. The van der Waals surface area contributed by atoms with Crippen LogP contribution in [0.4, 0.5) is 0 Å². The number of methoxy groups -OCH3 is 2. The molecule has 1 N–H and O–H groups in total. The second-order valence-electron chi connectivity index (χ2n) is 3.25. The molecule has 1 aromatic carbocycles. The second kappa shape index (κ2) is 6.30. The van der Waals surface area contributed by atoms with Crippen molar-refractivity contribution in [3.8, 4) is 23.3 Å². The fourth-order valence-electron chi connectivity index (χ4n) is 1.26. The lowest BCUT2D eigenvalue weighted by Crippen LogP contribution is -1.97. The smallest absolute Gasteiger partial charge is 0.317 e. The Hall–Kier alpha value is -2.48. The average Bonchev–Trinajstić information content (AvgIpc) is 2.39. The van der Waals surface area contributed by atoms with Crippen LogP contribution in [0.25, 0.3) is 0 Å². The van der Waals surface area contributed by atoms with E-state index in [1.165, 1.54) is 26.4 Å². The highest BCUT2D eigenvalue weighted by Gasteiger charge is 2.11. The molecule has 0 unspecified atom stereocenters. The van der Waals surface area contributed by atoms with Gasteiger partial charge in [-0.05, 0) is 12.1 Å². The summed E-state index contributed by atoms with van der Waals surface area (Å²) in [6.45, 7) is 0. The van der Waals surface area contributed by atoms with Gasteiger partial charge in [0.15, 0.2) is 17.8 Å². The number of hydrogen-bond acceptors (Lipinski definition) is 5. The largest absolute Gasteiger partial charge is 0.504 e. The predicted molar refractivity (Wildman–Crippen MR) is 63.6 cm³/mol. The standard InChI is InChI=1S/C13H12O5/c1-17-11-7-6-9(10(8-14)13(11)16)4-3-5-12(15)18-2/h6-8,16H,5H2,1-2H3. The molecular formula is C13H12O5. The van der Waals surface area contributed by atoms with Crippen molar-refractivity contribution < 1.29 is 24.2 Å². The third-order valence-electron chi connectivity index (χ3n) is 2.20. The number of rotatable bonds is 3. The fraction of sp³-hybridized carbons (Fsp3) is 0.231. The average molecular weight is 248 g/mol. The molecule has 94 valence electrons. The van der Waals surface area contributed by atoms with Gasteiger partial charge in [-0.15, -0.1) is 0 Å². The third kappa shape index (κ3) is 3.01. The molecule has 0 saturated heterocycles. The third-order valence-corrected chi connectivity index (χ3v) is 2.20. The zero-order valence-corrected chi connectivity index (χ0v) is 10.0. The lowest BCUT2D eigenvalue weighted by atomic mass is 10.1. The Morgan fingerprint density at radius 3 is 2.72 bits per heavy atom. The van der Waals surface area contributed by atoms with Crippen LogP contribution in [0.15, 0.2) is 12.1 Å². The maximum Gasteiger partial charge on any atom is 0.317 e. The zero-order chi connectivity index (χ0) is 13.5. The van der Waals surface area contributed by atoms with Crippen molar-refractivity contribution in [3.05, 3.63) is 23.3 Å². The number of ether oxygens (including phenoxy) is 2. The highest BCUT2D eigenvalue weighted by molar-refractivity contribution is 5.85. The lowest BCUT2D eigenvalue weighted by Gasteiger charge is -2.06. The lowest BCUT2D eigenvalue weighted by molar-refractivity contribution is -0.139. The van der Waals surface area contributed by atoms with Gasteiger partial charge in [0.2, 0.25) is 0 Å². The quantitative estimate of drug-likeness (QED) is 0.493. The van der Waals surface area contributed by atoms with Crippen LogP contribution in [0.5, 0.6) is 11.5 Å². The molecule has 0 amide bonds. The van der Waals surface area contributed by atoms with Gasteiger partial charge in [-0.3, -0.25) is 9.59 Å². The van der Waals surface area contributed by atoms with Gasteiger partial charge < -0.3 is 14.6 Å². The van der Waals surface area contributed by atoms with E-state index in [2.05, 4.69) is 16.6 Å². The Labute approximate surface area is 104 Å². The first-order chi connectivity index (χ1) is 8.63. The number of carbonyl (C=O) groups excluding carboxylic acids is 2. The van der Waals surface area contributed by atoms with E-state index >= 15 is 0 Å². The van der Waals surface area contributed by atoms with Crippen LogP contribution in [0.1, 0.15) is 22.3 Å². The Bertz CT molecular complexity index is 522. The summed E-state index contributed by atoms with van der Waals surface area (Å²) < 4.78 is 9.30. The molecule has 0 heterocycles. The number of carbonyl (C=O) groups is 2. The van der Waals surface area contributed by atoms with Crippen LogP contribution in [0, 0.1) is 11.8 Å². The van der Waals surface area contributed by atoms with Crippen molar-refractivity contribution in [1.82, 2.24) is 0 Å². The monoisotopic (exact) mass is 248 g/mol. The second-order valence-corrected chi connectivity index (χ2v) is 3.25. The summed E-state index contributed by atoms with van der Waals surface area (Å²) in [4.78, 5) is 21.8. The number of phenols is 1. The molecule has 1 rings (SSSR count). The van der Waals surface area contributed by atoms with Crippen molar-refractivity contribution in [2.75, 3.05) is 14.2 Å². The van der Waals surface area contributed by atoms with Crippen molar-refractivity contribution >= 4 is 12.3 Å². The topological polar surface area (TPSA) is 72.8 Å². The first kappa shape index (κ1) is 13.6. The summed E-state index contributed by atoms with van der Waals surface area (Å²) in [6.07, 6.45) is 0.404. The van der Waals surface area contributed by atoms with Gasteiger partial charge in [0.25, 0.3) is 0 Å². The van der Waals surface area contributed by atoms with Gasteiger partial charge in [-0.2, -0.15) is 0 Å². The van der Waals surface area contributed by atoms with E-state index in [1.807, 2.05) is 0 Å². The minimum absolute atomic E-state index is 0.0340. The van der Waals surface area contributed by atoms with E-state index < -0.39 is 5.97 Å². The molecule has 0 spiro atoms. The van der Waals surface area contributed by atoms with Gasteiger partial charge in [-0.1, -0.05) is 11.8 Å². The van der Waals surface area contributed by atoms with E-state index in [0.29, 0.717) is 11.8 Å². The number of aldehydes is 1. The molecule has 5 heteroatoms. The summed E-state index contributed by atoms with van der Waals surface area (Å²) >= 11 is 0. The number of esters is 1. The van der Waals surface area contributed by atoms with Gasteiger partial charge in [0, 0.05) is 5.56 Å². The van der Waals surface area contributed by atoms with Crippen molar-refractivity contribution in [2.24, 2.45) is 0 Å². The van der Waals surface area contributed by atoms with Crippen LogP contribution in [0.2, 0.25) is 0 Å². The SMILES string of the molecule is COC(=O)CC#Cc1ccc(OC)c(O)c1C=O. The summed E-state index contributed by atoms with van der Waals surface area (Å²) in [5, 5.41) is 9.71. The van der Waals surface area contributed by atoms with Crippen LogP contribution >= 0.6 is 0 Å². The number of phenolic OH excluding ortho intramolecular Hbond substituents is 1. The summed E-state index contributed by atoms with van der Waals surface area (Å²) in [5.74, 6) is 4.64. The van der Waals surface area contributed by atoms with Crippen LogP contribution in [-0.2, 0) is 9.53 Å². The molecule has 0 aromatic heterocycles. The molecule has 0 saturated carbocycles. The van der Waals surface area contributed by atoms with E-state index in [0.717, 1.165) is 0 Å². The minimum atomic E-state index is -0.465. The number of benzene rings is 1. The molecule has 18 heavy (non-hydrogen) atoms. The Kier molecular flexibility index (Phi) is 4.76. The van der Waals surface area contributed by atoms with E-state index in [1.54, 1.807) is 0 Å². The molecule has 0 aliphatic carbocycles. The van der Waals surface area contributed by atoms with Crippen LogP contribution < -0.4 is 4.74 Å². The molecule has 0 aliphatic rings. The summed E-state index contributed by atoms with van der Waals surface area (Å²) in [5.41, 5.74) is 0.360. The highest BCUT2D eigenvalue weighted by atomic mass is 16.5. The van der Waals surface area contributed by atoms with E-state index in [-0.39, 0.29) is 23.5 Å². The molecule has 0 bridgehead atoms. The summed E-state index contributed by atoms with van der Waals surface area (Å²) in [7, 11) is 2.65. The van der Waals surface area contributed by atoms with E-state index in [4.69, 9.17) is 4.74 Å². The maximum absolute atomic E-state index is 10.9. The maximum atomic E-state index is 10.9. The molecule has 0 atom stereocenters. The van der Waals surface area contributed by atoms with Crippen molar-refractivity contribution in [2.45, 2.75) is 6.42 Å². The normalized spacial score (nSPS) is 9.00. The molecule has 0 fully saturated rings. The van der Waals surface area contributed by atoms with Crippen LogP contribution in [0.3, 0.4) is 0 Å². The van der Waals surface area contributed by atoms with Gasteiger partial charge in [0.05, 0.1) is 19.8 Å². The molecule has 5 nitrogen and oxygen atoms in total. The Balaban J connectivity index is 3.06. The van der Waals surface area contributed by atoms with Crippen molar-refractivity contribution in [3.63, 3.8) is 0 Å². The van der Waals surface area contributed by atoms with Crippen molar-refractivity contribution in [1.29, 1.82) is 0 Å². The van der Waals surface area contributed by atoms with E-state index in [9.17, 15) is 14.7 Å². The van der Waals surface area contributed by atoms with Gasteiger partial charge >= 0.3 is 5.97 Å². The molecule has 1 aromatic rings. The highest BCUT2D eigenvalue weighted by Crippen LogP contribution is 2.30. The van der Waals surface area contributed by atoms with Gasteiger partial charge in [0.1, 0.15) is 6.42 Å². The molecule has 0 radical (unpaired) electrons. The Morgan fingerprint density at radius 2 is 2.17 bits per heavy atom. The first-order valence-electron chi connectivity index (χ1n) is 5.04. The minimum Gasteiger partial charge on any atom is -0.504 e. The number of aromatic hydroxyl groups is 1. The predicted octanol–water partition coefficient (Wildman–Crippen LogP) is 1.13. The van der Waals surface area contributed by atoms with Crippen LogP contribution in [-0.4, -0.2) is 31.6 Å². The Morgan fingerprint density at radius 1 is 1.44 bits per heavy atom. The first-order valence-corrected chi connectivity index (χ1v) is 5.04.